The Morgan fingerprint density at radius 2 is 0.673 bits per heavy atom. The Hall–Kier alpha value is -1.59. The second kappa shape index (κ2) is 36.2. The summed E-state index contributed by atoms with van der Waals surface area (Å²) in [6.45, 7) is 11.2. The van der Waals surface area contributed by atoms with Gasteiger partial charge in [-0.15, -0.1) is 0 Å². The van der Waals surface area contributed by atoms with Gasteiger partial charge in [0.05, 0.1) is 0 Å². The molecule has 1 atom stereocenters. The number of hydrogen-bond acceptors (Lipinski definition) is 6. The van der Waals surface area contributed by atoms with Crippen LogP contribution in [0.3, 0.4) is 0 Å². The zero-order chi connectivity index (χ0) is 36.2. The van der Waals surface area contributed by atoms with E-state index in [0.29, 0.717) is 19.3 Å². The number of hydrogen-bond donors (Lipinski definition) is 0. The third-order valence-electron chi connectivity index (χ3n) is 9.47. The first-order valence-electron chi connectivity index (χ1n) is 21.2. The highest BCUT2D eigenvalue weighted by atomic mass is 16.6. The lowest BCUT2D eigenvalue weighted by atomic mass is 10.0. The van der Waals surface area contributed by atoms with E-state index in [9.17, 15) is 14.4 Å². The summed E-state index contributed by atoms with van der Waals surface area (Å²) in [6.07, 6.45) is 32.8. The second-order valence-electron chi connectivity index (χ2n) is 15.6. The zero-order valence-corrected chi connectivity index (χ0v) is 33.3. The van der Waals surface area contributed by atoms with Crippen LogP contribution in [0.1, 0.15) is 227 Å². The fourth-order valence-corrected chi connectivity index (χ4v) is 6.22. The van der Waals surface area contributed by atoms with Gasteiger partial charge in [0.25, 0.3) is 0 Å². The fourth-order valence-electron chi connectivity index (χ4n) is 6.22. The molecule has 290 valence electrons. The predicted octanol–water partition coefficient (Wildman–Crippen LogP) is 13.0. The van der Waals surface area contributed by atoms with Crippen LogP contribution in [-0.2, 0) is 28.6 Å². The normalized spacial score (nSPS) is 12.1. The maximum absolute atomic E-state index is 12.6. The molecule has 0 N–H and O–H groups in total. The molecular formula is C43H82O6. The van der Waals surface area contributed by atoms with Gasteiger partial charge in [0.15, 0.2) is 6.10 Å². The quantitative estimate of drug-likeness (QED) is 0.0366. The van der Waals surface area contributed by atoms with Crippen molar-refractivity contribution in [1.82, 2.24) is 0 Å². The molecule has 0 radical (unpaired) electrons. The summed E-state index contributed by atoms with van der Waals surface area (Å²) in [5.41, 5.74) is 0. The van der Waals surface area contributed by atoms with E-state index in [1.54, 1.807) is 0 Å². The molecular weight excluding hydrogens is 612 g/mol. The van der Waals surface area contributed by atoms with Crippen molar-refractivity contribution in [2.24, 2.45) is 11.8 Å². The lowest BCUT2D eigenvalue weighted by Crippen LogP contribution is -2.30. The molecule has 0 aromatic rings. The molecule has 0 unspecified atom stereocenters. The molecule has 0 aliphatic heterocycles. The average molecular weight is 695 g/mol. The second-order valence-corrected chi connectivity index (χ2v) is 15.6. The van der Waals surface area contributed by atoms with E-state index in [-0.39, 0.29) is 31.1 Å². The van der Waals surface area contributed by atoms with Crippen molar-refractivity contribution in [3.8, 4) is 0 Å². The Kier molecular flexibility index (Phi) is 35.0. The molecule has 0 aliphatic carbocycles. The van der Waals surface area contributed by atoms with Gasteiger partial charge in [-0.1, -0.05) is 189 Å². The van der Waals surface area contributed by atoms with E-state index in [2.05, 4.69) is 34.6 Å². The first kappa shape index (κ1) is 47.4. The van der Waals surface area contributed by atoms with Crippen LogP contribution in [-0.4, -0.2) is 37.2 Å². The molecule has 6 heteroatoms. The summed E-state index contributed by atoms with van der Waals surface area (Å²) >= 11 is 0. The first-order valence-corrected chi connectivity index (χ1v) is 21.2. The molecule has 0 amide bonds. The predicted molar refractivity (Wildman–Crippen MR) is 206 cm³/mol. The minimum atomic E-state index is -0.758. The van der Waals surface area contributed by atoms with Crippen molar-refractivity contribution in [3.05, 3.63) is 0 Å². The van der Waals surface area contributed by atoms with Crippen molar-refractivity contribution >= 4 is 17.9 Å². The lowest BCUT2D eigenvalue weighted by Gasteiger charge is -2.18. The molecule has 0 saturated heterocycles. The topological polar surface area (TPSA) is 78.9 Å². The minimum absolute atomic E-state index is 0.0676. The van der Waals surface area contributed by atoms with E-state index in [0.717, 1.165) is 76.0 Å². The third kappa shape index (κ3) is 37.5. The summed E-state index contributed by atoms with van der Waals surface area (Å²) in [6, 6.07) is 0. The highest BCUT2D eigenvalue weighted by molar-refractivity contribution is 5.71. The van der Waals surface area contributed by atoms with Gasteiger partial charge in [-0.2, -0.15) is 0 Å². The molecule has 0 aromatic heterocycles. The van der Waals surface area contributed by atoms with Gasteiger partial charge in [-0.3, -0.25) is 14.4 Å². The first-order chi connectivity index (χ1) is 23.7. The Morgan fingerprint density at radius 1 is 0.388 bits per heavy atom. The van der Waals surface area contributed by atoms with Crippen molar-refractivity contribution in [1.29, 1.82) is 0 Å². The number of esters is 3. The Balaban J connectivity index is 4.17. The molecule has 0 heterocycles. The smallest absolute Gasteiger partial charge is 0.306 e. The Bertz CT molecular complexity index is 749. The maximum Gasteiger partial charge on any atom is 0.306 e. The van der Waals surface area contributed by atoms with Gasteiger partial charge in [0.2, 0.25) is 0 Å². The van der Waals surface area contributed by atoms with Crippen LogP contribution >= 0.6 is 0 Å². The Morgan fingerprint density at radius 3 is 1.00 bits per heavy atom. The molecule has 0 fully saturated rings. The molecule has 0 rings (SSSR count). The molecule has 0 spiro atoms. The van der Waals surface area contributed by atoms with Crippen LogP contribution in [0, 0.1) is 11.8 Å². The van der Waals surface area contributed by atoms with Gasteiger partial charge in [0.1, 0.15) is 13.2 Å². The summed E-state index contributed by atoms with van der Waals surface area (Å²) in [5.74, 6) is 0.727. The van der Waals surface area contributed by atoms with E-state index < -0.39 is 6.10 Å². The SMILES string of the molecule is CCCCCCCC(=O)OC[C@H](COC(=O)CCCCCCCCC(C)C)OC(=O)CCCCCCCCCCCCCCCCC(C)C. The van der Waals surface area contributed by atoms with E-state index in [4.69, 9.17) is 14.2 Å². The van der Waals surface area contributed by atoms with E-state index >= 15 is 0 Å². The molecule has 0 aromatic carbocycles. The largest absolute Gasteiger partial charge is 0.462 e. The maximum atomic E-state index is 12.6. The van der Waals surface area contributed by atoms with Crippen LogP contribution in [0.4, 0.5) is 0 Å². The van der Waals surface area contributed by atoms with Crippen LogP contribution in [0.25, 0.3) is 0 Å². The lowest BCUT2D eigenvalue weighted by molar-refractivity contribution is -0.167. The van der Waals surface area contributed by atoms with Crippen molar-refractivity contribution in [2.75, 3.05) is 13.2 Å². The molecule has 0 saturated carbocycles. The number of carbonyl (C=O) groups excluding carboxylic acids is 3. The molecule has 6 nitrogen and oxygen atoms in total. The van der Waals surface area contributed by atoms with E-state index in [1.165, 1.54) is 109 Å². The summed E-state index contributed by atoms with van der Waals surface area (Å²) in [7, 11) is 0. The Labute approximate surface area is 304 Å². The van der Waals surface area contributed by atoms with Gasteiger partial charge in [-0.05, 0) is 31.1 Å². The number of carbonyl (C=O) groups is 3. The summed E-state index contributed by atoms with van der Waals surface area (Å²) in [5, 5.41) is 0. The highest BCUT2D eigenvalue weighted by Crippen LogP contribution is 2.16. The molecule has 0 bridgehead atoms. The fraction of sp³-hybridized carbons (Fsp3) is 0.930. The van der Waals surface area contributed by atoms with Crippen LogP contribution in [0.15, 0.2) is 0 Å². The number of ether oxygens (including phenoxy) is 3. The summed E-state index contributed by atoms with van der Waals surface area (Å²) in [4.78, 5) is 37.3. The molecule has 0 aliphatic rings. The average Bonchev–Trinajstić information content (AvgIpc) is 3.06. The monoisotopic (exact) mass is 695 g/mol. The zero-order valence-electron chi connectivity index (χ0n) is 33.3. The van der Waals surface area contributed by atoms with Gasteiger partial charge < -0.3 is 14.2 Å². The van der Waals surface area contributed by atoms with Crippen molar-refractivity contribution in [3.63, 3.8) is 0 Å². The van der Waals surface area contributed by atoms with Crippen LogP contribution in [0.2, 0.25) is 0 Å². The van der Waals surface area contributed by atoms with E-state index in [1.807, 2.05) is 0 Å². The van der Waals surface area contributed by atoms with Crippen molar-refractivity contribution in [2.45, 2.75) is 233 Å². The van der Waals surface area contributed by atoms with Gasteiger partial charge in [-0.25, -0.2) is 0 Å². The number of unbranched alkanes of at least 4 members (excludes halogenated alkanes) is 22. The number of rotatable bonds is 37. The highest BCUT2D eigenvalue weighted by Gasteiger charge is 2.19. The summed E-state index contributed by atoms with van der Waals surface area (Å²) < 4.78 is 16.5. The van der Waals surface area contributed by atoms with Gasteiger partial charge >= 0.3 is 17.9 Å². The van der Waals surface area contributed by atoms with Crippen molar-refractivity contribution < 1.29 is 28.6 Å². The standard InChI is InChI=1S/C43H82O6/c1-6-7-8-21-28-33-41(44)47-36-40(37-48-42(45)34-29-24-20-19-23-27-32-39(4)5)49-43(46)35-30-25-18-16-14-12-10-9-11-13-15-17-22-26-31-38(2)3/h38-40H,6-37H2,1-5H3/t40-/m1/s1. The van der Waals surface area contributed by atoms with Gasteiger partial charge in [0, 0.05) is 19.3 Å². The third-order valence-corrected chi connectivity index (χ3v) is 9.47. The minimum Gasteiger partial charge on any atom is -0.462 e. The van der Waals surface area contributed by atoms with Crippen LogP contribution in [0.5, 0.6) is 0 Å². The van der Waals surface area contributed by atoms with Crippen LogP contribution < -0.4 is 0 Å². The molecule has 49 heavy (non-hydrogen) atoms.